The van der Waals surface area contributed by atoms with Gasteiger partial charge in [-0.1, -0.05) is 32.6 Å². The van der Waals surface area contributed by atoms with Gasteiger partial charge < -0.3 is 14.9 Å². The van der Waals surface area contributed by atoms with Gasteiger partial charge in [-0.25, -0.2) is 23.1 Å². The van der Waals surface area contributed by atoms with E-state index in [2.05, 4.69) is 21.5 Å². The number of benzene rings is 1. The lowest BCUT2D eigenvalue weighted by atomic mass is 10.00. The van der Waals surface area contributed by atoms with Crippen LogP contribution in [-0.4, -0.2) is 67.7 Å². The lowest BCUT2D eigenvalue weighted by Crippen LogP contribution is -2.54. The predicted octanol–water partition coefficient (Wildman–Crippen LogP) is 4.31. The predicted molar refractivity (Wildman–Crippen MR) is 161 cm³/mol. The van der Waals surface area contributed by atoms with Crippen LogP contribution in [0.5, 0.6) is 0 Å². The molecule has 1 aliphatic rings. The van der Waals surface area contributed by atoms with Crippen LogP contribution in [0, 0.1) is 18.6 Å². The normalized spacial score (nSPS) is 15.4. The minimum atomic E-state index is -0.801. The number of aryl methyl sites for hydroxylation is 1. The summed E-state index contributed by atoms with van der Waals surface area (Å²) in [7, 11) is 0. The van der Waals surface area contributed by atoms with Crippen molar-refractivity contribution in [1.29, 1.82) is 0 Å². The summed E-state index contributed by atoms with van der Waals surface area (Å²) in [6.07, 6.45) is 3.01. The summed E-state index contributed by atoms with van der Waals surface area (Å²) in [5, 5.41) is 9.87. The molecule has 1 aliphatic heterocycles. The van der Waals surface area contributed by atoms with Crippen LogP contribution in [-0.2, 0) is 11.2 Å². The number of pyridine rings is 2. The summed E-state index contributed by atoms with van der Waals surface area (Å²) in [6, 6.07) is 7.05. The number of hydrogen-bond acceptors (Lipinski definition) is 7. The van der Waals surface area contributed by atoms with Crippen LogP contribution in [0.15, 0.2) is 54.0 Å². The van der Waals surface area contributed by atoms with Gasteiger partial charge in [-0.15, -0.1) is 0 Å². The first-order valence-electron chi connectivity index (χ1n) is 14.2. The van der Waals surface area contributed by atoms with E-state index in [9.17, 15) is 14.7 Å². The first-order valence-corrected chi connectivity index (χ1v) is 14.2. The number of carbonyl (C=O) groups is 1. The Morgan fingerprint density at radius 3 is 2.63 bits per heavy atom. The van der Waals surface area contributed by atoms with Crippen LogP contribution < -0.4 is 10.6 Å². The molecule has 4 aromatic rings. The van der Waals surface area contributed by atoms with Gasteiger partial charge in [-0.3, -0.25) is 9.78 Å². The largest absolute Gasteiger partial charge is 0.396 e. The zero-order valence-electron chi connectivity index (χ0n) is 24.6. The summed E-state index contributed by atoms with van der Waals surface area (Å²) in [4.78, 5) is 43.4. The van der Waals surface area contributed by atoms with E-state index in [1.165, 1.54) is 28.8 Å². The molecule has 1 N–H and O–H groups in total. The number of piperazine rings is 1. The van der Waals surface area contributed by atoms with E-state index in [1.807, 2.05) is 32.6 Å². The Morgan fingerprint density at radius 2 is 1.95 bits per heavy atom. The Balaban J connectivity index is 1.84. The molecule has 9 nitrogen and oxygen atoms in total. The Morgan fingerprint density at radius 1 is 1.19 bits per heavy atom. The summed E-state index contributed by atoms with van der Waals surface area (Å²) in [6.45, 7) is 12.0. The Kier molecular flexibility index (Phi) is 8.36. The fourth-order valence-corrected chi connectivity index (χ4v) is 5.75. The van der Waals surface area contributed by atoms with Gasteiger partial charge in [0.2, 0.25) is 5.91 Å². The highest BCUT2D eigenvalue weighted by atomic mass is 19.1. The van der Waals surface area contributed by atoms with Crippen molar-refractivity contribution < 1.29 is 18.7 Å². The molecule has 3 aromatic heterocycles. The van der Waals surface area contributed by atoms with E-state index in [1.54, 1.807) is 23.2 Å². The van der Waals surface area contributed by atoms with Crippen molar-refractivity contribution in [2.24, 2.45) is 0 Å². The quantitative estimate of drug-likeness (QED) is 0.321. The van der Waals surface area contributed by atoms with E-state index >= 15 is 8.78 Å². The van der Waals surface area contributed by atoms with Crippen LogP contribution in [0.1, 0.15) is 43.5 Å². The van der Waals surface area contributed by atoms with E-state index in [-0.39, 0.29) is 59.0 Å². The maximum absolute atomic E-state index is 16.1. The van der Waals surface area contributed by atoms with E-state index in [0.717, 1.165) is 5.56 Å². The van der Waals surface area contributed by atoms with Crippen molar-refractivity contribution in [2.75, 3.05) is 31.1 Å². The minimum Gasteiger partial charge on any atom is -0.396 e. The standard InChI is InChI=1S/C32H34F2N6O3/c1-6-25(42)38-13-14-39(20(5)17-38)30-22-16-24(34)28(26-21(11-15-41)8-7-9-23(26)33)36-31(22)40(32(43)37-30)29-19(4)10-12-35-27(29)18(2)3/h6-10,12,16,18,20,41H,1,11,13-15,17H2,2-5H3/t20-/m0/s1. The van der Waals surface area contributed by atoms with Crippen LogP contribution in [0.25, 0.3) is 28.0 Å². The molecule has 224 valence electrons. The van der Waals surface area contributed by atoms with Gasteiger partial charge in [0.15, 0.2) is 5.65 Å². The van der Waals surface area contributed by atoms with E-state index in [4.69, 9.17) is 0 Å². The summed E-state index contributed by atoms with van der Waals surface area (Å²) in [5.74, 6) is -1.55. The molecule has 1 atom stereocenters. The molecule has 0 bridgehead atoms. The zero-order chi connectivity index (χ0) is 31.0. The third-order valence-corrected chi connectivity index (χ3v) is 7.83. The number of anilines is 1. The molecule has 11 heteroatoms. The highest BCUT2D eigenvalue weighted by Gasteiger charge is 2.31. The second-order valence-corrected chi connectivity index (χ2v) is 11.0. The molecule has 0 radical (unpaired) electrons. The maximum Gasteiger partial charge on any atom is 0.355 e. The van der Waals surface area contributed by atoms with Crippen molar-refractivity contribution in [2.45, 2.75) is 46.1 Å². The Bertz CT molecular complexity index is 1790. The van der Waals surface area contributed by atoms with E-state index < -0.39 is 17.3 Å². The number of aliphatic hydroxyl groups is 1. The van der Waals surface area contributed by atoms with Gasteiger partial charge in [-0.2, -0.15) is 4.98 Å². The minimum absolute atomic E-state index is 0.0744. The Hall–Kier alpha value is -4.51. The molecule has 0 aliphatic carbocycles. The SMILES string of the molecule is C=CC(=O)N1CCN(c2nc(=O)n(-c3c(C)ccnc3C(C)C)c3nc(-c4c(F)cccc4CCO)c(F)cc23)[C@@H](C)C1. The number of aromatic nitrogens is 4. The molecule has 1 fully saturated rings. The number of hydrogen-bond donors (Lipinski definition) is 1. The van der Waals surface area contributed by atoms with Crippen molar-refractivity contribution in [3.8, 4) is 16.9 Å². The Labute approximate surface area is 248 Å². The first kappa shape index (κ1) is 30.0. The molecule has 1 saturated heterocycles. The number of amides is 1. The van der Waals surface area contributed by atoms with Gasteiger partial charge in [0.05, 0.1) is 16.8 Å². The fraction of sp³-hybridized carbons (Fsp3) is 0.344. The van der Waals surface area contributed by atoms with Gasteiger partial charge in [0.1, 0.15) is 23.1 Å². The average Bonchev–Trinajstić information content (AvgIpc) is 2.97. The third-order valence-electron chi connectivity index (χ3n) is 7.83. The molecule has 1 amide bonds. The van der Waals surface area contributed by atoms with Gasteiger partial charge >= 0.3 is 5.69 Å². The number of rotatable bonds is 7. The molecule has 43 heavy (non-hydrogen) atoms. The maximum atomic E-state index is 16.1. The monoisotopic (exact) mass is 588 g/mol. The van der Waals surface area contributed by atoms with Crippen LogP contribution in [0.2, 0.25) is 0 Å². The average molecular weight is 589 g/mol. The second-order valence-electron chi connectivity index (χ2n) is 11.0. The number of aliphatic hydroxyl groups excluding tert-OH is 1. The van der Waals surface area contributed by atoms with Crippen molar-refractivity contribution in [3.63, 3.8) is 0 Å². The first-order chi connectivity index (χ1) is 20.6. The molecule has 0 unspecified atom stereocenters. The topological polar surface area (TPSA) is 104 Å². The molecular formula is C32H34F2N6O3. The molecular weight excluding hydrogens is 554 g/mol. The van der Waals surface area contributed by atoms with Crippen molar-refractivity contribution in [3.05, 3.63) is 88.1 Å². The summed E-state index contributed by atoms with van der Waals surface area (Å²) < 4.78 is 32.7. The van der Waals surface area contributed by atoms with Gasteiger partial charge in [0, 0.05) is 44.0 Å². The highest BCUT2D eigenvalue weighted by molar-refractivity contribution is 5.91. The number of carbonyl (C=O) groups excluding carboxylic acids is 1. The smallest absolute Gasteiger partial charge is 0.355 e. The lowest BCUT2D eigenvalue weighted by molar-refractivity contribution is -0.126. The molecule has 4 heterocycles. The highest BCUT2D eigenvalue weighted by Crippen LogP contribution is 2.35. The van der Waals surface area contributed by atoms with Crippen molar-refractivity contribution >= 4 is 22.8 Å². The van der Waals surface area contributed by atoms with Gasteiger partial charge in [-0.05, 0) is 61.6 Å². The number of nitrogens with zero attached hydrogens (tertiary/aromatic N) is 6. The summed E-state index contributed by atoms with van der Waals surface area (Å²) in [5.41, 5.74) is 1.32. The van der Waals surface area contributed by atoms with Gasteiger partial charge in [0.25, 0.3) is 0 Å². The zero-order valence-corrected chi connectivity index (χ0v) is 24.6. The number of halogens is 2. The second kappa shape index (κ2) is 12.0. The van der Waals surface area contributed by atoms with Crippen LogP contribution in [0.3, 0.4) is 0 Å². The lowest BCUT2D eigenvalue weighted by Gasteiger charge is -2.40. The molecule has 0 spiro atoms. The van der Waals surface area contributed by atoms with Crippen LogP contribution in [0.4, 0.5) is 14.6 Å². The molecule has 0 saturated carbocycles. The molecule has 5 rings (SSSR count). The third kappa shape index (κ3) is 5.40. The fourth-order valence-electron chi connectivity index (χ4n) is 5.75. The number of fused-ring (bicyclic) bond motifs is 1. The summed E-state index contributed by atoms with van der Waals surface area (Å²) >= 11 is 0. The molecule has 1 aromatic carbocycles. The van der Waals surface area contributed by atoms with Crippen molar-refractivity contribution in [1.82, 2.24) is 24.4 Å². The van der Waals surface area contributed by atoms with Crippen LogP contribution >= 0.6 is 0 Å². The van der Waals surface area contributed by atoms with E-state index in [0.29, 0.717) is 36.6 Å².